The summed E-state index contributed by atoms with van der Waals surface area (Å²) in [6.45, 7) is 7.43. The van der Waals surface area contributed by atoms with Crippen LogP contribution in [0.25, 0.3) is 0 Å². The highest BCUT2D eigenvalue weighted by atomic mass is 19.1. The Labute approximate surface area is 90.0 Å². The normalized spacial score (nSPS) is 10.9. The van der Waals surface area contributed by atoms with Crippen LogP contribution < -0.4 is 9.47 Å². The van der Waals surface area contributed by atoms with Crippen molar-refractivity contribution in [3.05, 3.63) is 24.0 Å². The van der Waals surface area contributed by atoms with Gasteiger partial charge in [-0.1, -0.05) is 6.07 Å². The monoisotopic (exact) mass is 212 g/mol. The molecule has 0 radical (unpaired) electrons. The molecule has 2 nitrogen and oxygen atoms in total. The van der Waals surface area contributed by atoms with Gasteiger partial charge in [-0.25, -0.2) is 0 Å². The lowest BCUT2D eigenvalue weighted by Gasteiger charge is -2.14. The molecule has 3 heteroatoms. The Kier molecular flexibility index (Phi) is 3.95. The van der Waals surface area contributed by atoms with Crippen LogP contribution in [0.5, 0.6) is 11.5 Å². The van der Waals surface area contributed by atoms with E-state index in [4.69, 9.17) is 9.47 Å². The second-order valence-electron chi connectivity index (χ2n) is 3.90. The van der Waals surface area contributed by atoms with Crippen LogP contribution in [-0.2, 0) is 0 Å². The number of benzene rings is 1. The van der Waals surface area contributed by atoms with Gasteiger partial charge in [-0.3, -0.25) is 0 Å². The molecule has 0 bridgehead atoms. The summed E-state index contributed by atoms with van der Waals surface area (Å²) >= 11 is 0. The van der Waals surface area contributed by atoms with Crippen molar-refractivity contribution in [3.8, 4) is 11.5 Å². The SMILES string of the molecule is CC(C)Oc1cccc(OC(C)C)c1F. The van der Waals surface area contributed by atoms with Gasteiger partial charge in [0.05, 0.1) is 12.2 Å². The molecule has 1 aromatic rings. The third-order valence-electron chi connectivity index (χ3n) is 1.65. The van der Waals surface area contributed by atoms with Crippen molar-refractivity contribution in [2.75, 3.05) is 0 Å². The Hall–Kier alpha value is -1.25. The molecule has 1 aromatic carbocycles. The first-order chi connectivity index (χ1) is 7.00. The van der Waals surface area contributed by atoms with Gasteiger partial charge in [0.15, 0.2) is 11.5 Å². The van der Waals surface area contributed by atoms with Crippen LogP contribution >= 0.6 is 0 Å². The van der Waals surface area contributed by atoms with Crippen LogP contribution in [0.15, 0.2) is 18.2 Å². The molecule has 0 saturated carbocycles. The van der Waals surface area contributed by atoms with Crippen LogP contribution in [0.2, 0.25) is 0 Å². The average molecular weight is 212 g/mol. The highest BCUT2D eigenvalue weighted by molar-refractivity contribution is 5.35. The molecule has 15 heavy (non-hydrogen) atoms. The molecule has 0 unspecified atom stereocenters. The summed E-state index contributed by atoms with van der Waals surface area (Å²) in [6.07, 6.45) is -0.0948. The molecule has 0 atom stereocenters. The summed E-state index contributed by atoms with van der Waals surface area (Å²) in [5.74, 6) is 0.0474. The second-order valence-corrected chi connectivity index (χ2v) is 3.90. The third kappa shape index (κ3) is 3.42. The van der Waals surface area contributed by atoms with Gasteiger partial charge in [0.1, 0.15) is 0 Å². The van der Waals surface area contributed by atoms with Crippen molar-refractivity contribution >= 4 is 0 Å². The molecule has 0 aromatic heterocycles. The Morgan fingerprint density at radius 2 is 1.33 bits per heavy atom. The number of ether oxygens (including phenoxy) is 2. The average Bonchev–Trinajstić information content (AvgIpc) is 2.10. The smallest absolute Gasteiger partial charge is 0.206 e. The van der Waals surface area contributed by atoms with E-state index >= 15 is 0 Å². The van der Waals surface area contributed by atoms with Crippen LogP contribution in [-0.4, -0.2) is 12.2 Å². The van der Waals surface area contributed by atoms with E-state index in [0.29, 0.717) is 0 Å². The minimum atomic E-state index is -0.431. The topological polar surface area (TPSA) is 18.5 Å². The van der Waals surface area contributed by atoms with E-state index in [2.05, 4.69) is 0 Å². The molecule has 0 aliphatic heterocycles. The Morgan fingerprint density at radius 3 is 1.67 bits per heavy atom. The van der Waals surface area contributed by atoms with Gasteiger partial charge in [-0.05, 0) is 39.8 Å². The van der Waals surface area contributed by atoms with Crippen molar-refractivity contribution in [2.45, 2.75) is 39.9 Å². The summed E-state index contributed by atoms with van der Waals surface area (Å²) in [6, 6.07) is 4.92. The van der Waals surface area contributed by atoms with E-state index in [-0.39, 0.29) is 23.7 Å². The van der Waals surface area contributed by atoms with Crippen molar-refractivity contribution in [3.63, 3.8) is 0 Å². The molecular formula is C12H17FO2. The quantitative estimate of drug-likeness (QED) is 0.761. The first kappa shape index (κ1) is 11.8. The summed E-state index contributed by atoms with van der Waals surface area (Å²) in [7, 11) is 0. The molecule has 0 saturated heterocycles. The maximum Gasteiger partial charge on any atom is 0.206 e. The van der Waals surface area contributed by atoms with E-state index in [1.54, 1.807) is 18.2 Å². The van der Waals surface area contributed by atoms with Crippen LogP contribution in [0.3, 0.4) is 0 Å². The molecular weight excluding hydrogens is 195 g/mol. The predicted molar refractivity (Wildman–Crippen MR) is 57.9 cm³/mol. The summed E-state index contributed by atoms with van der Waals surface area (Å²) in [5.41, 5.74) is 0. The van der Waals surface area contributed by atoms with Gasteiger partial charge in [-0.2, -0.15) is 4.39 Å². The standard InChI is InChI=1S/C12H17FO2/c1-8(2)14-10-6-5-7-11(12(10)13)15-9(3)4/h5-9H,1-4H3. The van der Waals surface area contributed by atoms with Crippen LogP contribution in [0.1, 0.15) is 27.7 Å². The van der Waals surface area contributed by atoms with Crippen molar-refractivity contribution in [1.29, 1.82) is 0 Å². The van der Waals surface area contributed by atoms with Crippen LogP contribution in [0, 0.1) is 5.82 Å². The molecule has 84 valence electrons. The first-order valence-corrected chi connectivity index (χ1v) is 5.12. The number of hydrogen-bond donors (Lipinski definition) is 0. The van der Waals surface area contributed by atoms with E-state index in [1.807, 2.05) is 27.7 Å². The number of rotatable bonds is 4. The summed E-state index contributed by atoms with van der Waals surface area (Å²) < 4.78 is 24.4. The zero-order valence-electron chi connectivity index (χ0n) is 9.58. The first-order valence-electron chi connectivity index (χ1n) is 5.12. The molecule has 0 amide bonds. The maximum atomic E-state index is 13.7. The number of hydrogen-bond acceptors (Lipinski definition) is 2. The van der Waals surface area contributed by atoms with Gasteiger partial charge < -0.3 is 9.47 Å². The fraction of sp³-hybridized carbons (Fsp3) is 0.500. The lowest BCUT2D eigenvalue weighted by atomic mass is 10.3. The second kappa shape index (κ2) is 5.01. The van der Waals surface area contributed by atoms with Gasteiger partial charge >= 0.3 is 0 Å². The zero-order valence-corrected chi connectivity index (χ0v) is 9.58. The van der Waals surface area contributed by atoms with Crippen molar-refractivity contribution in [1.82, 2.24) is 0 Å². The molecule has 0 heterocycles. The lowest BCUT2D eigenvalue weighted by Crippen LogP contribution is -2.10. The molecule has 1 rings (SSSR count). The Bertz CT molecular complexity index is 293. The van der Waals surface area contributed by atoms with Gasteiger partial charge in [-0.15, -0.1) is 0 Å². The fourth-order valence-corrected chi connectivity index (χ4v) is 1.18. The summed E-state index contributed by atoms with van der Waals surface area (Å²) in [4.78, 5) is 0. The van der Waals surface area contributed by atoms with Gasteiger partial charge in [0.2, 0.25) is 5.82 Å². The third-order valence-corrected chi connectivity index (χ3v) is 1.65. The van der Waals surface area contributed by atoms with E-state index in [1.165, 1.54) is 0 Å². The van der Waals surface area contributed by atoms with Crippen molar-refractivity contribution in [2.24, 2.45) is 0 Å². The highest BCUT2D eigenvalue weighted by Crippen LogP contribution is 2.27. The zero-order chi connectivity index (χ0) is 11.4. The Morgan fingerprint density at radius 1 is 0.933 bits per heavy atom. The molecule has 0 N–H and O–H groups in total. The molecule has 0 aliphatic carbocycles. The van der Waals surface area contributed by atoms with Gasteiger partial charge in [0, 0.05) is 0 Å². The molecule has 0 spiro atoms. The van der Waals surface area contributed by atoms with Crippen molar-refractivity contribution < 1.29 is 13.9 Å². The minimum absolute atomic E-state index is 0.0474. The Balaban J connectivity index is 2.90. The fourth-order valence-electron chi connectivity index (χ4n) is 1.18. The number of halogens is 1. The van der Waals surface area contributed by atoms with Gasteiger partial charge in [0.25, 0.3) is 0 Å². The van der Waals surface area contributed by atoms with Crippen LogP contribution in [0.4, 0.5) is 4.39 Å². The van der Waals surface area contributed by atoms with E-state index in [0.717, 1.165) is 0 Å². The largest absolute Gasteiger partial charge is 0.488 e. The predicted octanol–water partition coefficient (Wildman–Crippen LogP) is 3.40. The molecule has 0 aliphatic rings. The maximum absolute atomic E-state index is 13.7. The highest BCUT2D eigenvalue weighted by Gasteiger charge is 2.12. The minimum Gasteiger partial charge on any atom is -0.488 e. The van der Waals surface area contributed by atoms with E-state index in [9.17, 15) is 4.39 Å². The van der Waals surface area contributed by atoms with E-state index < -0.39 is 5.82 Å². The summed E-state index contributed by atoms with van der Waals surface area (Å²) in [5, 5.41) is 0. The molecule has 0 fully saturated rings. The lowest BCUT2D eigenvalue weighted by molar-refractivity contribution is 0.209.